The first kappa shape index (κ1) is 26.3. The van der Waals surface area contributed by atoms with E-state index in [-0.39, 0.29) is 12.5 Å². The minimum atomic E-state index is -0.618. The van der Waals surface area contributed by atoms with Gasteiger partial charge in [-0.2, -0.15) is 0 Å². The number of fused-ring (bicyclic) bond motifs is 1. The Balaban J connectivity index is 1.22. The lowest BCUT2D eigenvalue weighted by Crippen LogP contribution is -2.56. The zero-order chi connectivity index (χ0) is 26.3. The molecule has 0 aromatic heterocycles. The van der Waals surface area contributed by atoms with Crippen molar-refractivity contribution in [1.29, 1.82) is 0 Å². The van der Waals surface area contributed by atoms with Crippen molar-refractivity contribution in [2.45, 2.75) is 31.9 Å². The number of rotatable bonds is 9. The summed E-state index contributed by atoms with van der Waals surface area (Å²) in [6.07, 6.45) is 4.25. The minimum Gasteiger partial charge on any atom is -0.492 e. The first-order valence-corrected chi connectivity index (χ1v) is 13.8. The number of halogens is 1. The summed E-state index contributed by atoms with van der Waals surface area (Å²) in [5.74, 6) is 0.568. The molecule has 38 heavy (non-hydrogen) atoms. The van der Waals surface area contributed by atoms with Crippen LogP contribution >= 0.6 is 11.6 Å². The number of carbonyl (C=O) groups is 2. The molecule has 1 amide bonds. The number of carbonyl (C=O) groups excluding carboxylic acids is 2. The minimum absolute atomic E-state index is 0.0766. The fraction of sp³-hybridized carbons (Fsp3) is 0.400. The number of likely N-dealkylation sites (tertiary alicyclic amines) is 1. The van der Waals surface area contributed by atoms with E-state index in [1.807, 2.05) is 65.6 Å². The summed E-state index contributed by atoms with van der Waals surface area (Å²) in [6.45, 7) is 5.71. The van der Waals surface area contributed by atoms with Crippen molar-refractivity contribution in [2.24, 2.45) is 0 Å². The van der Waals surface area contributed by atoms with Crippen molar-refractivity contribution < 1.29 is 19.1 Å². The summed E-state index contributed by atoms with van der Waals surface area (Å²) >= 11 is 6.58. The standard InChI is InChI=1S/C30H34ClN3O4/c31-27-20-24(12-13-28(27)37-19-7-16-32-14-4-1-5-15-32)34-18-17-33(21-29(34)38-22-35)30(36)26-11-6-9-23-8-2-3-10-25(23)26/h2-3,6,8-13,20,22,29H,1,4-5,7,14-19,21H2. The second kappa shape index (κ2) is 12.5. The molecule has 2 aliphatic heterocycles. The van der Waals surface area contributed by atoms with Gasteiger partial charge in [0.15, 0.2) is 6.23 Å². The molecule has 0 N–H and O–H groups in total. The fourth-order valence-corrected chi connectivity index (χ4v) is 5.66. The maximum atomic E-state index is 13.5. The SMILES string of the molecule is O=COC1CN(C(=O)c2cccc3ccccc23)CCN1c1ccc(OCCCN2CCCCC2)c(Cl)c1. The van der Waals surface area contributed by atoms with Crippen LogP contribution in [0.1, 0.15) is 36.0 Å². The Bertz CT molecular complexity index is 1260. The summed E-state index contributed by atoms with van der Waals surface area (Å²) in [6, 6.07) is 19.2. The van der Waals surface area contributed by atoms with Crippen LogP contribution in [0.25, 0.3) is 10.8 Å². The maximum absolute atomic E-state index is 13.5. The molecular weight excluding hydrogens is 502 g/mol. The average molecular weight is 536 g/mol. The van der Waals surface area contributed by atoms with Gasteiger partial charge in [-0.1, -0.05) is 54.4 Å². The summed E-state index contributed by atoms with van der Waals surface area (Å²) in [5, 5.41) is 2.44. The number of piperazine rings is 1. The van der Waals surface area contributed by atoms with Crippen LogP contribution in [-0.4, -0.2) is 74.3 Å². The van der Waals surface area contributed by atoms with Gasteiger partial charge < -0.3 is 24.2 Å². The molecule has 0 saturated carbocycles. The molecule has 2 aliphatic rings. The van der Waals surface area contributed by atoms with E-state index in [4.69, 9.17) is 21.1 Å². The number of hydrogen-bond donors (Lipinski definition) is 0. The molecule has 3 aromatic rings. The maximum Gasteiger partial charge on any atom is 0.295 e. The molecule has 1 unspecified atom stereocenters. The molecule has 2 fully saturated rings. The van der Waals surface area contributed by atoms with Crippen molar-refractivity contribution in [3.8, 4) is 5.75 Å². The van der Waals surface area contributed by atoms with E-state index < -0.39 is 6.23 Å². The van der Waals surface area contributed by atoms with E-state index in [1.165, 1.54) is 32.4 Å². The van der Waals surface area contributed by atoms with Gasteiger partial charge in [-0.25, -0.2) is 0 Å². The smallest absolute Gasteiger partial charge is 0.295 e. The summed E-state index contributed by atoms with van der Waals surface area (Å²) in [5.41, 5.74) is 1.46. The monoisotopic (exact) mass is 535 g/mol. The number of amides is 1. The Morgan fingerprint density at radius 3 is 2.61 bits per heavy atom. The molecule has 0 spiro atoms. The van der Waals surface area contributed by atoms with Gasteiger partial charge in [-0.15, -0.1) is 0 Å². The number of piperidine rings is 1. The first-order chi connectivity index (χ1) is 18.6. The Hall–Kier alpha value is -3.29. The van der Waals surface area contributed by atoms with Crippen LogP contribution in [0.4, 0.5) is 5.69 Å². The Kier molecular flexibility index (Phi) is 8.66. The zero-order valence-corrected chi connectivity index (χ0v) is 22.3. The van der Waals surface area contributed by atoms with Gasteiger partial charge in [0, 0.05) is 30.9 Å². The van der Waals surface area contributed by atoms with E-state index >= 15 is 0 Å². The van der Waals surface area contributed by atoms with E-state index in [1.54, 1.807) is 4.90 Å². The number of anilines is 1. The molecule has 0 aliphatic carbocycles. The van der Waals surface area contributed by atoms with E-state index in [0.29, 0.717) is 42.5 Å². The van der Waals surface area contributed by atoms with Gasteiger partial charge in [0.2, 0.25) is 0 Å². The van der Waals surface area contributed by atoms with Gasteiger partial charge in [0.25, 0.3) is 12.4 Å². The fourth-order valence-electron chi connectivity index (χ4n) is 5.43. The molecular formula is C30H34ClN3O4. The second-order valence-corrected chi connectivity index (χ2v) is 10.3. The third-order valence-electron chi connectivity index (χ3n) is 7.43. The highest BCUT2D eigenvalue weighted by Gasteiger charge is 2.32. The molecule has 1 atom stereocenters. The number of ether oxygens (including phenoxy) is 2. The Morgan fingerprint density at radius 2 is 1.79 bits per heavy atom. The lowest BCUT2D eigenvalue weighted by Gasteiger charge is -2.41. The number of benzene rings is 3. The van der Waals surface area contributed by atoms with Crippen molar-refractivity contribution in [3.05, 3.63) is 71.2 Å². The molecule has 8 heteroatoms. The largest absolute Gasteiger partial charge is 0.492 e. The van der Waals surface area contributed by atoms with E-state index in [2.05, 4.69) is 4.90 Å². The van der Waals surface area contributed by atoms with Crippen LogP contribution in [0.5, 0.6) is 5.75 Å². The summed E-state index contributed by atoms with van der Waals surface area (Å²) < 4.78 is 11.4. The van der Waals surface area contributed by atoms with E-state index in [0.717, 1.165) is 29.4 Å². The molecule has 2 saturated heterocycles. The number of hydrogen-bond acceptors (Lipinski definition) is 6. The molecule has 5 rings (SSSR count). The van der Waals surface area contributed by atoms with Gasteiger partial charge in [0.05, 0.1) is 18.2 Å². The number of nitrogens with zero attached hydrogens (tertiary/aromatic N) is 3. The zero-order valence-electron chi connectivity index (χ0n) is 21.6. The van der Waals surface area contributed by atoms with Crippen LogP contribution < -0.4 is 9.64 Å². The predicted molar refractivity (Wildman–Crippen MR) is 150 cm³/mol. The van der Waals surface area contributed by atoms with Crippen molar-refractivity contribution >= 4 is 40.4 Å². The van der Waals surface area contributed by atoms with E-state index in [9.17, 15) is 9.59 Å². The van der Waals surface area contributed by atoms with Crippen LogP contribution in [0, 0.1) is 0 Å². The highest BCUT2D eigenvalue weighted by atomic mass is 35.5. The Labute approximate surface area is 228 Å². The van der Waals surface area contributed by atoms with Crippen LogP contribution in [0.2, 0.25) is 5.02 Å². The third-order valence-corrected chi connectivity index (χ3v) is 7.72. The Morgan fingerprint density at radius 1 is 0.974 bits per heavy atom. The normalized spacial score (nSPS) is 18.4. The molecule has 200 valence electrons. The van der Waals surface area contributed by atoms with Crippen LogP contribution in [-0.2, 0) is 9.53 Å². The average Bonchev–Trinajstić information content (AvgIpc) is 2.96. The van der Waals surface area contributed by atoms with Crippen molar-refractivity contribution in [3.63, 3.8) is 0 Å². The molecule has 3 aromatic carbocycles. The molecule has 7 nitrogen and oxygen atoms in total. The van der Waals surface area contributed by atoms with Gasteiger partial charge in [0.1, 0.15) is 5.75 Å². The lowest BCUT2D eigenvalue weighted by molar-refractivity contribution is -0.135. The summed E-state index contributed by atoms with van der Waals surface area (Å²) in [7, 11) is 0. The van der Waals surface area contributed by atoms with Gasteiger partial charge in [-0.3, -0.25) is 9.59 Å². The summed E-state index contributed by atoms with van der Waals surface area (Å²) in [4.78, 5) is 31.0. The van der Waals surface area contributed by atoms with Gasteiger partial charge >= 0.3 is 0 Å². The molecule has 0 radical (unpaired) electrons. The van der Waals surface area contributed by atoms with Crippen molar-refractivity contribution in [1.82, 2.24) is 9.80 Å². The van der Waals surface area contributed by atoms with Gasteiger partial charge in [-0.05, 0) is 67.4 Å². The van der Waals surface area contributed by atoms with Crippen LogP contribution in [0.3, 0.4) is 0 Å². The first-order valence-electron chi connectivity index (χ1n) is 13.4. The predicted octanol–water partition coefficient (Wildman–Crippen LogP) is 5.21. The highest BCUT2D eigenvalue weighted by molar-refractivity contribution is 6.32. The molecule has 2 heterocycles. The second-order valence-electron chi connectivity index (χ2n) is 9.88. The van der Waals surface area contributed by atoms with Crippen molar-refractivity contribution in [2.75, 3.05) is 50.8 Å². The third kappa shape index (κ3) is 6.05. The topological polar surface area (TPSA) is 62.3 Å². The van der Waals surface area contributed by atoms with Crippen LogP contribution in [0.15, 0.2) is 60.7 Å². The highest BCUT2D eigenvalue weighted by Crippen LogP contribution is 2.32. The quantitative estimate of drug-likeness (QED) is 0.277. The lowest BCUT2D eigenvalue weighted by atomic mass is 10.0. The molecule has 0 bridgehead atoms.